The van der Waals surface area contributed by atoms with Crippen LogP contribution in [0.25, 0.3) is 0 Å². The summed E-state index contributed by atoms with van der Waals surface area (Å²) in [7, 11) is 0. The van der Waals surface area contributed by atoms with Crippen molar-refractivity contribution in [3.8, 4) is 0 Å². The Morgan fingerprint density at radius 1 is 0.337 bits per heavy atom. The van der Waals surface area contributed by atoms with Crippen molar-refractivity contribution >= 4 is 53.5 Å². The molecule has 0 radical (unpaired) electrons. The van der Waals surface area contributed by atoms with Crippen LogP contribution in [-0.4, -0.2) is 142 Å². The summed E-state index contributed by atoms with van der Waals surface area (Å²) in [5.74, 6) is -5.40. The zero-order chi connectivity index (χ0) is 60.0. The Balaban J connectivity index is 1.06. The lowest BCUT2D eigenvalue weighted by molar-refractivity contribution is -0.311. The van der Waals surface area contributed by atoms with E-state index in [0.29, 0.717) is 4.90 Å². The summed E-state index contributed by atoms with van der Waals surface area (Å²) >= 11 is 1.19. The summed E-state index contributed by atoms with van der Waals surface area (Å²) < 4.78 is 74.9. The van der Waals surface area contributed by atoms with Crippen LogP contribution >= 0.6 is 11.8 Å². The van der Waals surface area contributed by atoms with Crippen LogP contribution in [0.1, 0.15) is 69.1 Å². The van der Waals surface area contributed by atoms with Crippen molar-refractivity contribution in [3.63, 3.8) is 0 Å². The van der Waals surface area contributed by atoms with E-state index in [1.807, 2.05) is 30.3 Å². The molecule has 7 aromatic carbocycles. The molecule has 2 fully saturated rings. The molecule has 9 rings (SSSR count). The van der Waals surface area contributed by atoms with E-state index in [0.717, 1.165) is 0 Å². The van der Waals surface area contributed by atoms with E-state index in [-0.39, 0.29) is 59.8 Å². The van der Waals surface area contributed by atoms with Gasteiger partial charge < -0.3 is 56.8 Å². The molecule has 20 heteroatoms. The van der Waals surface area contributed by atoms with E-state index in [2.05, 4.69) is 0 Å². The molecule has 2 saturated heterocycles. The Labute approximate surface area is 499 Å². The van der Waals surface area contributed by atoms with Gasteiger partial charge in [0.25, 0.3) is 0 Å². The molecule has 0 spiro atoms. The van der Waals surface area contributed by atoms with Crippen LogP contribution in [-0.2, 0) is 61.6 Å². The fourth-order valence-corrected chi connectivity index (χ4v) is 10.4. The minimum absolute atomic E-state index is 0.119. The van der Waals surface area contributed by atoms with Gasteiger partial charge in [-0.05, 0) is 84.9 Å². The van der Waals surface area contributed by atoms with E-state index in [9.17, 15) is 33.6 Å². The van der Waals surface area contributed by atoms with Crippen LogP contribution in [0, 0.1) is 0 Å². The molecule has 86 heavy (non-hydrogen) atoms. The lowest BCUT2D eigenvalue weighted by Gasteiger charge is -2.45. The highest BCUT2D eigenvalue weighted by Crippen LogP contribution is 2.39. The number of rotatable bonds is 25. The Bertz CT molecular complexity index is 3310. The first-order chi connectivity index (χ1) is 42.0. The van der Waals surface area contributed by atoms with Gasteiger partial charge in [0, 0.05) is 11.8 Å². The van der Waals surface area contributed by atoms with Gasteiger partial charge in [0.15, 0.2) is 30.7 Å². The number of carbonyl (C=O) groups is 7. The second-order valence-corrected chi connectivity index (χ2v) is 20.4. The largest absolute Gasteiger partial charge is 0.463 e. The minimum atomic E-state index is -1.58. The molecule has 10 atom stereocenters. The maximum absolute atomic E-state index is 14.3. The number of ether oxygens (including phenoxy) is 12. The Kier molecular flexibility index (Phi) is 22.3. The number of thioether (sulfide) groups is 1. The third kappa shape index (κ3) is 17.1. The van der Waals surface area contributed by atoms with Gasteiger partial charge in [-0.25, -0.2) is 28.8 Å². The zero-order valence-electron chi connectivity index (χ0n) is 46.4. The number of hydrogen-bond acceptors (Lipinski definition) is 20. The molecule has 0 saturated carbocycles. The highest BCUT2D eigenvalue weighted by molar-refractivity contribution is 7.99. The summed E-state index contributed by atoms with van der Waals surface area (Å²) in [4.78, 5) is 96.5. The van der Waals surface area contributed by atoms with E-state index < -0.39 is 116 Å². The van der Waals surface area contributed by atoms with Crippen LogP contribution in [0.4, 0.5) is 0 Å². The van der Waals surface area contributed by atoms with E-state index in [1.165, 1.54) is 43.0 Å². The molecule has 2 aliphatic heterocycles. The molecule has 444 valence electrons. The van der Waals surface area contributed by atoms with Gasteiger partial charge in [-0.3, -0.25) is 4.79 Å². The van der Waals surface area contributed by atoms with Crippen molar-refractivity contribution in [3.05, 3.63) is 246 Å². The topological polar surface area (TPSA) is 230 Å². The molecule has 0 amide bonds. The fourth-order valence-electron chi connectivity index (χ4n) is 9.20. The maximum atomic E-state index is 14.3. The number of hydrogen-bond donors (Lipinski definition) is 0. The second-order valence-electron chi connectivity index (χ2n) is 19.3. The SMILES string of the molecule is CC(=O)OCCO[C@H]1[C@@H](OCCO[C@@H]2[C@@H](OC(=O)c3ccccc3)[C@H](OC(=O)c3ccccc3)[C@@H](COC(=O)c3ccccc3)O[C@@H]2Sc2ccccc2)O[C@H](COC(=O)c2ccccc2)[C@@H](OC(=O)c2ccccc2)[C@@H]1OC(=O)c1ccccc1. The van der Waals surface area contributed by atoms with Crippen LogP contribution in [0.3, 0.4) is 0 Å². The standard InChI is InChI=1S/C66H60O19S/c1-43(67)74-37-38-75-57-55(84-63(72)48-31-17-6-18-32-48)53(82-61(70)46-27-13-4-14-28-46)51(41-78-59(68)44-23-9-2-10-24-44)80-65(57)77-40-39-76-58-56(85-64(73)49-33-19-7-20-34-49)54(83-62(71)47-29-15-5-16-30-47)52(42-79-60(69)45-25-11-3-12-26-45)81-66(58)86-50-35-21-8-22-36-50/h2-36,51-58,65-66H,37-42H2,1H3/t51-,52-,53-,54-,55+,56+,57-,58-,65+,66-/m1/s1. The van der Waals surface area contributed by atoms with E-state index in [4.69, 9.17) is 56.8 Å². The van der Waals surface area contributed by atoms with Crippen molar-refractivity contribution in [2.75, 3.05) is 39.6 Å². The molecule has 2 heterocycles. The van der Waals surface area contributed by atoms with Crippen LogP contribution in [0.5, 0.6) is 0 Å². The maximum Gasteiger partial charge on any atom is 0.338 e. The Hall–Kier alpha value is -9.02. The molecular formula is C66H60O19S. The van der Waals surface area contributed by atoms with Crippen LogP contribution in [0.15, 0.2) is 217 Å². The molecule has 0 aliphatic carbocycles. The minimum Gasteiger partial charge on any atom is -0.463 e. The average molecular weight is 1190 g/mol. The Morgan fingerprint density at radius 3 is 1.05 bits per heavy atom. The summed E-state index contributed by atoms with van der Waals surface area (Å²) in [5, 5.41) is 0. The van der Waals surface area contributed by atoms with Crippen molar-refractivity contribution in [2.24, 2.45) is 0 Å². The van der Waals surface area contributed by atoms with Gasteiger partial charge in [-0.1, -0.05) is 139 Å². The normalized spacial score (nSPS) is 21.5. The first-order valence-electron chi connectivity index (χ1n) is 27.5. The third-order valence-electron chi connectivity index (χ3n) is 13.3. The van der Waals surface area contributed by atoms with Gasteiger partial charge in [-0.2, -0.15) is 0 Å². The fraction of sp³-hybridized carbons (Fsp3) is 0.258. The van der Waals surface area contributed by atoms with Crippen molar-refractivity contribution in [1.29, 1.82) is 0 Å². The monoisotopic (exact) mass is 1190 g/mol. The summed E-state index contributed by atoms with van der Waals surface area (Å²) in [6.45, 7) is -1.17. The van der Waals surface area contributed by atoms with Gasteiger partial charge in [-0.15, -0.1) is 0 Å². The van der Waals surface area contributed by atoms with E-state index in [1.54, 1.807) is 158 Å². The molecule has 0 N–H and O–H groups in total. The molecular weight excluding hydrogens is 1130 g/mol. The molecule has 0 aromatic heterocycles. The van der Waals surface area contributed by atoms with Gasteiger partial charge in [0.2, 0.25) is 0 Å². The van der Waals surface area contributed by atoms with E-state index >= 15 is 0 Å². The predicted molar refractivity (Wildman–Crippen MR) is 308 cm³/mol. The van der Waals surface area contributed by atoms with Crippen molar-refractivity contribution < 1.29 is 90.4 Å². The van der Waals surface area contributed by atoms with Crippen molar-refractivity contribution in [1.82, 2.24) is 0 Å². The first kappa shape index (κ1) is 61.5. The van der Waals surface area contributed by atoms with Crippen molar-refractivity contribution in [2.45, 2.75) is 72.4 Å². The third-order valence-corrected chi connectivity index (χ3v) is 14.5. The quantitative estimate of drug-likeness (QED) is 0.0295. The molecule has 7 aromatic rings. The molecule has 0 unspecified atom stereocenters. The van der Waals surface area contributed by atoms with Crippen LogP contribution in [0.2, 0.25) is 0 Å². The molecule has 0 bridgehead atoms. The summed E-state index contributed by atoms with van der Waals surface area (Å²) in [6.07, 6.45) is -13.2. The number of benzene rings is 7. The Morgan fingerprint density at radius 2 is 0.651 bits per heavy atom. The highest BCUT2D eigenvalue weighted by Gasteiger charge is 2.54. The lowest BCUT2D eigenvalue weighted by Crippen LogP contribution is -2.63. The number of carbonyl (C=O) groups excluding carboxylic acids is 7. The molecule has 19 nitrogen and oxygen atoms in total. The second kappa shape index (κ2) is 31.2. The number of esters is 7. The predicted octanol–water partition coefficient (Wildman–Crippen LogP) is 9.20. The summed E-state index contributed by atoms with van der Waals surface area (Å²) in [5.41, 5.74) is -0.0927. The smallest absolute Gasteiger partial charge is 0.338 e. The van der Waals surface area contributed by atoms with Gasteiger partial charge in [0.05, 0.1) is 53.2 Å². The average Bonchev–Trinajstić information content (AvgIpc) is 3.58. The van der Waals surface area contributed by atoms with Gasteiger partial charge >= 0.3 is 41.8 Å². The lowest BCUT2D eigenvalue weighted by atomic mass is 9.97. The van der Waals surface area contributed by atoms with Crippen LogP contribution < -0.4 is 0 Å². The summed E-state index contributed by atoms with van der Waals surface area (Å²) in [6, 6.07) is 57.7. The molecule has 2 aliphatic rings. The van der Waals surface area contributed by atoms with Gasteiger partial charge in [0.1, 0.15) is 49.7 Å². The first-order valence-corrected chi connectivity index (χ1v) is 28.4. The zero-order valence-corrected chi connectivity index (χ0v) is 47.2. The highest BCUT2D eigenvalue weighted by atomic mass is 32.2.